The third kappa shape index (κ3) is 3.11. The second-order valence-corrected chi connectivity index (χ2v) is 7.14. The maximum absolute atomic E-state index is 12.6. The van der Waals surface area contributed by atoms with Crippen LogP contribution in [0.2, 0.25) is 0 Å². The van der Waals surface area contributed by atoms with E-state index in [0.717, 1.165) is 44.2 Å². The van der Waals surface area contributed by atoms with Gasteiger partial charge in [0.2, 0.25) is 5.91 Å². The minimum Gasteiger partial charge on any atom is -0.341 e. The molecule has 23 heavy (non-hydrogen) atoms. The molecule has 5 heteroatoms. The number of likely N-dealkylation sites (N-methyl/N-ethyl adjacent to an activating group) is 1. The van der Waals surface area contributed by atoms with Crippen molar-refractivity contribution >= 4 is 17.5 Å². The first kappa shape index (κ1) is 16.0. The molecule has 1 aliphatic carbocycles. The minimum absolute atomic E-state index is 0.0173. The summed E-state index contributed by atoms with van der Waals surface area (Å²) < 4.78 is 0. The van der Waals surface area contributed by atoms with Gasteiger partial charge in [-0.15, -0.1) is 0 Å². The summed E-state index contributed by atoms with van der Waals surface area (Å²) in [5.41, 5.74) is 8.27. The lowest BCUT2D eigenvalue weighted by atomic mass is 9.74. The molecule has 2 unspecified atom stereocenters. The Hall–Kier alpha value is -1.88. The normalized spacial score (nSPS) is 27.5. The predicted octanol–water partition coefficient (Wildman–Crippen LogP) is 2.16. The van der Waals surface area contributed by atoms with Crippen LogP contribution in [0.1, 0.15) is 48.5 Å². The van der Waals surface area contributed by atoms with Gasteiger partial charge in [0.1, 0.15) is 0 Å². The maximum atomic E-state index is 12.6. The second kappa shape index (κ2) is 5.96. The zero-order chi connectivity index (χ0) is 16.6. The summed E-state index contributed by atoms with van der Waals surface area (Å²) in [5.74, 6) is -0.194. The number of hydrogen-bond donors (Lipinski definition) is 2. The molecule has 3 rings (SSSR count). The lowest BCUT2D eigenvalue weighted by Crippen LogP contribution is -2.51. The summed E-state index contributed by atoms with van der Waals surface area (Å²) in [6, 6.07) is 5.62. The Morgan fingerprint density at radius 1 is 1.39 bits per heavy atom. The first-order chi connectivity index (χ1) is 10.9. The van der Waals surface area contributed by atoms with E-state index in [0.29, 0.717) is 11.3 Å². The Morgan fingerprint density at radius 2 is 2.17 bits per heavy atom. The van der Waals surface area contributed by atoms with Crippen molar-refractivity contribution in [3.05, 3.63) is 29.3 Å². The topological polar surface area (TPSA) is 75.4 Å². The van der Waals surface area contributed by atoms with Crippen molar-refractivity contribution < 1.29 is 9.59 Å². The Morgan fingerprint density at radius 3 is 2.91 bits per heavy atom. The van der Waals surface area contributed by atoms with E-state index in [1.165, 1.54) is 0 Å². The molecule has 1 aliphatic heterocycles. The molecule has 0 bridgehead atoms. The lowest BCUT2D eigenvalue weighted by molar-refractivity contribution is -0.122. The number of nitrogens with one attached hydrogen (secondary N) is 1. The predicted molar refractivity (Wildman–Crippen MR) is 90.3 cm³/mol. The average Bonchev–Trinajstić information content (AvgIpc) is 2.51. The molecule has 0 radical (unpaired) electrons. The molecule has 0 saturated heterocycles. The largest absolute Gasteiger partial charge is 0.341 e. The van der Waals surface area contributed by atoms with E-state index in [4.69, 9.17) is 5.73 Å². The SMILES string of the molecule is CN1CCc2ccc(NC(=O)C3CCCCC3(C)N)cc2C1=O. The van der Waals surface area contributed by atoms with Crippen LogP contribution in [0.4, 0.5) is 5.69 Å². The average molecular weight is 315 g/mol. The van der Waals surface area contributed by atoms with Gasteiger partial charge in [-0.3, -0.25) is 9.59 Å². The first-order valence-electron chi connectivity index (χ1n) is 8.36. The summed E-state index contributed by atoms with van der Waals surface area (Å²) in [6.07, 6.45) is 4.67. The Kier molecular flexibility index (Phi) is 4.15. The highest BCUT2D eigenvalue weighted by atomic mass is 16.2. The second-order valence-electron chi connectivity index (χ2n) is 7.14. The monoisotopic (exact) mass is 315 g/mol. The van der Waals surface area contributed by atoms with E-state index in [-0.39, 0.29) is 17.7 Å². The van der Waals surface area contributed by atoms with Gasteiger partial charge in [0.25, 0.3) is 5.91 Å². The number of nitrogens with zero attached hydrogens (tertiary/aromatic N) is 1. The number of nitrogens with two attached hydrogens (primary N) is 1. The Labute approximate surface area is 137 Å². The first-order valence-corrected chi connectivity index (χ1v) is 8.36. The van der Waals surface area contributed by atoms with Crippen LogP contribution in [0.3, 0.4) is 0 Å². The molecule has 1 aromatic carbocycles. The van der Waals surface area contributed by atoms with Gasteiger partial charge in [-0.05, 0) is 43.9 Å². The van der Waals surface area contributed by atoms with Crippen molar-refractivity contribution in [2.45, 2.75) is 44.6 Å². The van der Waals surface area contributed by atoms with Gasteiger partial charge in [0.15, 0.2) is 0 Å². The van der Waals surface area contributed by atoms with Crippen molar-refractivity contribution in [2.24, 2.45) is 11.7 Å². The van der Waals surface area contributed by atoms with E-state index >= 15 is 0 Å². The van der Waals surface area contributed by atoms with E-state index in [1.54, 1.807) is 18.0 Å². The molecule has 124 valence electrons. The van der Waals surface area contributed by atoms with Crippen LogP contribution >= 0.6 is 0 Å². The zero-order valence-electron chi connectivity index (χ0n) is 13.9. The highest BCUT2D eigenvalue weighted by Gasteiger charge is 2.37. The summed E-state index contributed by atoms with van der Waals surface area (Å²) in [6.45, 7) is 2.70. The van der Waals surface area contributed by atoms with Gasteiger partial charge in [-0.25, -0.2) is 0 Å². The van der Waals surface area contributed by atoms with Crippen LogP contribution in [0, 0.1) is 5.92 Å². The lowest BCUT2D eigenvalue weighted by Gasteiger charge is -2.37. The highest BCUT2D eigenvalue weighted by Crippen LogP contribution is 2.32. The molecule has 2 atom stereocenters. The van der Waals surface area contributed by atoms with E-state index in [2.05, 4.69) is 5.32 Å². The molecular weight excluding hydrogens is 290 g/mol. The van der Waals surface area contributed by atoms with Crippen LogP contribution in [0.25, 0.3) is 0 Å². The quantitative estimate of drug-likeness (QED) is 0.878. The fraction of sp³-hybridized carbons (Fsp3) is 0.556. The van der Waals surface area contributed by atoms with Crippen molar-refractivity contribution in [3.8, 4) is 0 Å². The molecule has 3 N–H and O–H groups in total. The van der Waals surface area contributed by atoms with Crippen LogP contribution in [-0.4, -0.2) is 35.8 Å². The number of hydrogen-bond acceptors (Lipinski definition) is 3. The molecule has 1 heterocycles. The summed E-state index contributed by atoms with van der Waals surface area (Å²) in [5, 5.41) is 2.96. The number of benzene rings is 1. The number of carbonyl (C=O) groups is 2. The third-order valence-electron chi connectivity index (χ3n) is 5.24. The smallest absolute Gasteiger partial charge is 0.253 e. The molecule has 0 aromatic heterocycles. The Balaban J connectivity index is 1.78. The van der Waals surface area contributed by atoms with Crippen LogP contribution in [0.15, 0.2) is 18.2 Å². The molecular formula is C18H25N3O2. The van der Waals surface area contributed by atoms with Crippen molar-refractivity contribution in [1.29, 1.82) is 0 Å². The molecule has 0 spiro atoms. The summed E-state index contributed by atoms with van der Waals surface area (Å²) in [7, 11) is 1.80. The molecule has 1 fully saturated rings. The molecule has 2 amide bonds. The van der Waals surface area contributed by atoms with E-state index < -0.39 is 5.54 Å². The highest BCUT2D eigenvalue weighted by molar-refractivity contribution is 5.99. The number of carbonyl (C=O) groups excluding carboxylic acids is 2. The van der Waals surface area contributed by atoms with Crippen molar-refractivity contribution in [2.75, 3.05) is 18.9 Å². The number of rotatable bonds is 2. The van der Waals surface area contributed by atoms with Gasteiger partial charge < -0.3 is 16.0 Å². The van der Waals surface area contributed by atoms with Crippen molar-refractivity contribution in [3.63, 3.8) is 0 Å². The molecule has 1 aromatic rings. The molecule has 2 aliphatic rings. The van der Waals surface area contributed by atoms with E-state index in [1.807, 2.05) is 19.1 Å². The summed E-state index contributed by atoms with van der Waals surface area (Å²) >= 11 is 0. The van der Waals surface area contributed by atoms with Gasteiger partial charge in [-0.1, -0.05) is 18.9 Å². The van der Waals surface area contributed by atoms with Gasteiger partial charge >= 0.3 is 0 Å². The summed E-state index contributed by atoms with van der Waals surface area (Å²) in [4.78, 5) is 26.6. The van der Waals surface area contributed by atoms with Gasteiger partial charge in [-0.2, -0.15) is 0 Å². The van der Waals surface area contributed by atoms with Crippen molar-refractivity contribution in [1.82, 2.24) is 4.90 Å². The Bertz CT molecular complexity index is 639. The van der Waals surface area contributed by atoms with Crippen LogP contribution in [-0.2, 0) is 11.2 Å². The van der Waals surface area contributed by atoms with Crippen LogP contribution in [0.5, 0.6) is 0 Å². The van der Waals surface area contributed by atoms with Crippen LogP contribution < -0.4 is 11.1 Å². The standard InChI is InChI=1S/C18H25N3O2/c1-18(19)9-4-3-5-15(18)16(22)20-13-7-6-12-8-10-21(2)17(23)14(12)11-13/h6-7,11,15H,3-5,8-10,19H2,1-2H3,(H,20,22). The fourth-order valence-electron chi connectivity index (χ4n) is 3.68. The van der Waals surface area contributed by atoms with Gasteiger partial charge in [0.05, 0.1) is 5.92 Å². The minimum atomic E-state index is -0.452. The fourth-order valence-corrected chi connectivity index (χ4v) is 3.68. The van der Waals surface area contributed by atoms with E-state index in [9.17, 15) is 9.59 Å². The molecule has 1 saturated carbocycles. The maximum Gasteiger partial charge on any atom is 0.253 e. The van der Waals surface area contributed by atoms with Gasteiger partial charge in [0, 0.05) is 30.4 Å². The number of anilines is 1. The third-order valence-corrected chi connectivity index (χ3v) is 5.24. The number of amides is 2. The molecule has 5 nitrogen and oxygen atoms in total. The number of fused-ring (bicyclic) bond motifs is 1. The zero-order valence-corrected chi connectivity index (χ0v) is 13.9.